The van der Waals surface area contributed by atoms with Crippen molar-refractivity contribution in [2.45, 2.75) is 6.17 Å². The molecule has 1 aliphatic rings. The fraction of sp³-hybridized carbons (Fsp3) is 0.0435. The lowest BCUT2D eigenvalue weighted by molar-refractivity contribution is 0.0936. The summed E-state index contributed by atoms with van der Waals surface area (Å²) in [4.78, 5) is 12.6. The van der Waals surface area contributed by atoms with Crippen molar-refractivity contribution >= 4 is 11.6 Å². The van der Waals surface area contributed by atoms with Crippen molar-refractivity contribution in [2.75, 3.05) is 5.32 Å². The Labute approximate surface area is 162 Å². The number of hydrogen-bond donors (Lipinski definition) is 2. The van der Waals surface area contributed by atoms with Crippen molar-refractivity contribution in [1.82, 2.24) is 15.1 Å². The number of para-hydroxylation sites is 2. The largest absolute Gasteiger partial charge is 0.361 e. The second kappa shape index (κ2) is 6.70. The fourth-order valence-corrected chi connectivity index (χ4v) is 3.49. The number of aromatic nitrogens is 2. The summed E-state index contributed by atoms with van der Waals surface area (Å²) in [6.07, 6.45) is 1.61. The minimum Gasteiger partial charge on any atom is -0.361 e. The molecule has 5 nitrogen and oxygen atoms in total. The third-order valence-electron chi connectivity index (χ3n) is 4.87. The highest BCUT2D eigenvalue weighted by Crippen LogP contribution is 2.32. The van der Waals surface area contributed by atoms with E-state index in [1.54, 1.807) is 0 Å². The molecule has 1 aromatic heterocycles. The van der Waals surface area contributed by atoms with Crippen molar-refractivity contribution in [3.8, 4) is 16.9 Å². The number of rotatable bonds is 3. The van der Waals surface area contributed by atoms with E-state index in [2.05, 4.69) is 10.6 Å². The molecule has 0 saturated heterocycles. The molecule has 3 aromatic carbocycles. The number of carbonyl (C=O) groups excluding carboxylic acids is 1. The van der Waals surface area contributed by atoms with E-state index in [1.807, 2.05) is 95.8 Å². The maximum absolute atomic E-state index is 12.6. The maximum Gasteiger partial charge on any atom is 0.255 e. The van der Waals surface area contributed by atoms with Gasteiger partial charge in [0.25, 0.3) is 5.91 Å². The highest BCUT2D eigenvalue weighted by Gasteiger charge is 2.28. The van der Waals surface area contributed by atoms with Crippen LogP contribution in [0.1, 0.15) is 22.1 Å². The Balaban J connectivity index is 1.62. The molecule has 0 unspecified atom stereocenters. The number of benzene rings is 3. The molecule has 0 spiro atoms. The minimum absolute atomic E-state index is 0.0918. The van der Waals surface area contributed by atoms with Crippen LogP contribution in [-0.2, 0) is 0 Å². The van der Waals surface area contributed by atoms with Gasteiger partial charge in [-0.3, -0.25) is 4.79 Å². The van der Waals surface area contributed by atoms with E-state index >= 15 is 0 Å². The first kappa shape index (κ1) is 16.3. The monoisotopic (exact) mass is 366 g/mol. The molecule has 1 atom stereocenters. The molecule has 4 aromatic rings. The van der Waals surface area contributed by atoms with Crippen molar-refractivity contribution in [1.29, 1.82) is 0 Å². The Bertz CT molecular complexity index is 1140. The van der Waals surface area contributed by atoms with Gasteiger partial charge in [-0.2, -0.15) is 5.10 Å². The third kappa shape index (κ3) is 2.83. The van der Waals surface area contributed by atoms with E-state index in [0.29, 0.717) is 5.56 Å². The molecule has 0 fully saturated rings. The second-order valence-electron chi connectivity index (χ2n) is 6.68. The van der Waals surface area contributed by atoms with Crippen LogP contribution in [0.5, 0.6) is 0 Å². The highest BCUT2D eigenvalue weighted by atomic mass is 16.2. The third-order valence-corrected chi connectivity index (χ3v) is 4.87. The minimum atomic E-state index is -0.366. The zero-order valence-electron chi connectivity index (χ0n) is 15.0. The number of carbonyl (C=O) groups is 1. The van der Waals surface area contributed by atoms with Gasteiger partial charge in [0.2, 0.25) is 0 Å². The molecule has 0 radical (unpaired) electrons. The maximum atomic E-state index is 12.6. The van der Waals surface area contributed by atoms with Gasteiger partial charge in [-0.05, 0) is 24.3 Å². The summed E-state index contributed by atoms with van der Waals surface area (Å²) in [7, 11) is 0. The Kier molecular flexibility index (Phi) is 3.91. The summed E-state index contributed by atoms with van der Waals surface area (Å²) in [6.45, 7) is 0. The summed E-state index contributed by atoms with van der Waals surface area (Å²) in [5, 5.41) is 11.3. The lowest BCUT2D eigenvalue weighted by Crippen LogP contribution is -2.38. The molecule has 28 heavy (non-hydrogen) atoms. The van der Waals surface area contributed by atoms with Gasteiger partial charge in [-0.1, -0.05) is 60.7 Å². The number of nitrogens with one attached hydrogen (secondary N) is 2. The average molecular weight is 366 g/mol. The number of fused-ring (bicyclic) bond motifs is 1. The van der Waals surface area contributed by atoms with Crippen LogP contribution in [-0.4, -0.2) is 15.7 Å². The number of anilines is 1. The van der Waals surface area contributed by atoms with Crippen LogP contribution in [0.15, 0.2) is 91.1 Å². The van der Waals surface area contributed by atoms with Crippen LogP contribution in [0.2, 0.25) is 0 Å². The van der Waals surface area contributed by atoms with Crippen molar-refractivity contribution < 1.29 is 4.79 Å². The molecule has 1 amide bonds. The normalized spacial score (nSPS) is 15.4. The summed E-state index contributed by atoms with van der Waals surface area (Å²) >= 11 is 0. The van der Waals surface area contributed by atoms with Crippen LogP contribution in [0.25, 0.3) is 16.9 Å². The standard InChI is InChI=1S/C23H18N4O/c28-23-18-13-7-8-14-20(18)24-22(25-23)19-15-27(17-11-5-2-6-12-17)26-21(19)16-9-3-1-4-10-16/h1-15,22,24H,(H,25,28)/t22-/m1/s1. The summed E-state index contributed by atoms with van der Waals surface area (Å²) in [5.74, 6) is -0.0918. The van der Waals surface area contributed by atoms with Crippen LogP contribution in [0, 0.1) is 0 Å². The van der Waals surface area contributed by atoms with Gasteiger partial charge in [0, 0.05) is 23.0 Å². The summed E-state index contributed by atoms with van der Waals surface area (Å²) in [6, 6.07) is 27.5. The van der Waals surface area contributed by atoms with Gasteiger partial charge in [0.1, 0.15) is 6.17 Å². The van der Waals surface area contributed by atoms with Gasteiger partial charge in [0.05, 0.1) is 16.9 Å². The van der Waals surface area contributed by atoms with Gasteiger partial charge in [-0.15, -0.1) is 0 Å². The lowest BCUT2D eigenvalue weighted by atomic mass is 10.0. The Hall–Kier alpha value is -3.86. The Morgan fingerprint density at radius 2 is 1.46 bits per heavy atom. The van der Waals surface area contributed by atoms with Gasteiger partial charge in [0.15, 0.2) is 0 Å². The quantitative estimate of drug-likeness (QED) is 0.565. The molecule has 0 aliphatic carbocycles. The smallest absolute Gasteiger partial charge is 0.255 e. The first-order chi connectivity index (χ1) is 13.8. The molecule has 5 heteroatoms. The Morgan fingerprint density at radius 3 is 2.25 bits per heavy atom. The van der Waals surface area contributed by atoms with Crippen molar-refractivity contribution in [3.63, 3.8) is 0 Å². The van der Waals surface area contributed by atoms with Crippen LogP contribution in [0.3, 0.4) is 0 Å². The summed E-state index contributed by atoms with van der Waals surface area (Å²) < 4.78 is 1.85. The van der Waals surface area contributed by atoms with Gasteiger partial charge in [-0.25, -0.2) is 4.68 Å². The predicted octanol–water partition coefficient (Wildman–Crippen LogP) is 4.39. The van der Waals surface area contributed by atoms with E-state index in [-0.39, 0.29) is 12.1 Å². The zero-order valence-corrected chi connectivity index (χ0v) is 15.0. The predicted molar refractivity (Wildman–Crippen MR) is 109 cm³/mol. The van der Waals surface area contributed by atoms with Crippen molar-refractivity contribution in [2.24, 2.45) is 0 Å². The molecule has 5 rings (SSSR count). The van der Waals surface area contributed by atoms with Crippen LogP contribution < -0.4 is 10.6 Å². The van der Waals surface area contributed by atoms with E-state index in [4.69, 9.17) is 5.10 Å². The first-order valence-electron chi connectivity index (χ1n) is 9.16. The van der Waals surface area contributed by atoms with Gasteiger partial charge >= 0.3 is 0 Å². The average Bonchev–Trinajstić information content (AvgIpc) is 3.21. The number of nitrogens with zero attached hydrogens (tertiary/aromatic N) is 2. The molecule has 0 saturated carbocycles. The molecular formula is C23H18N4O. The molecule has 2 N–H and O–H groups in total. The fourth-order valence-electron chi connectivity index (χ4n) is 3.49. The molecule has 2 heterocycles. The van der Waals surface area contributed by atoms with Gasteiger partial charge < -0.3 is 10.6 Å². The lowest BCUT2D eigenvalue weighted by Gasteiger charge is -2.27. The number of hydrogen-bond acceptors (Lipinski definition) is 3. The first-order valence-corrected chi connectivity index (χ1v) is 9.16. The van der Waals surface area contributed by atoms with Crippen molar-refractivity contribution in [3.05, 3.63) is 102 Å². The van der Waals surface area contributed by atoms with E-state index < -0.39 is 0 Å². The zero-order chi connectivity index (χ0) is 18.9. The molecule has 136 valence electrons. The second-order valence-corrected chi connectivity index (χ2v) is 6.68. The van der Waals surface area contributed by atoms with Crippen LogP contribution in [0.4, 0.5) is 5.69 Å². The van der Waals surface area contributed by atoms with E-state index in [0.717, 1.165) is 28.2 Å². The molecule has 0 bridgehead atoms. The molecule has 1 aliphatic heterocycles. The number of amides is 1. The highest BCUT2D eigenvalue weighted by molar-refractivity contribution is 6.01. The Morgan fingerprint density at radius 1 is 0.786 bits per heavy atom. The molecular weight excluding hydrogens is 348 g/mol. The summed E-state index contributed by atoms with van der Waals surface area (Å²) in [5.41, 5.74) is 5.19. The van der Waals surface area contributed by atoms with E-state index in [1.165, 1.54) is 0 Å². The van der Waals surface area contributed by atoms with Crippen LogP contribution >= 0.6 is 0 Å². The van der Waals surface area contributed by atoms with E-state index in [9.17, 15) is 4.79 Å². The SMILES string of the molecule is O=C1N[C@H](c2cn(-c3ccccc3)nc2-c2ccccc2)Nc2ccccc21. The topological polar surface area (TPSA) is 59.0 Å².